The van der Waals surface area contributed by atoms with Gasteiger partial charge in [-0.1, -0.05) is 28.1 Å². The van der Waals surface area contributed by atoms with E-state index in [1.165, 1.54) is 0 Å². The average molecular weight is 435 g/mol. The summed E-state index contributed by atoms with van der Waals surface area (Å²) in [6.07, 6.45) is 0. The molecular weight excluding hydrogens is 412 g/mol. The fourth-order valence-corrected chi connectivity index (χ4v) is 2.58. The van der Waals surface area contributed by atoms with Crippen molar-refractivity contribution in [2.45, 2.75) is 20.4 Å². The summed E-state index contributed by atoms with van der Waals surface area (Å²) in [5.41, 5.74) is 1.38. The predicted octanol–water partition coefficient (Wildman–Crippen LogP) is 3.29. The van der Waals surface area contributed by atoms with Gasteiger partial charge in [0.1, 0.15) is 0 Å². The Hall–Kier alpha value is -2.54. The fourth-order valence-electron chi connectivity index (χ4n) is 2.32. The van der Waals surface area contributed by atoms with Gasteiger partial charge < -0.3 is 20.1 Å². The lowest BCUT2D eigenvalue weighted by Crippen LogP contribution is -2.36. The molecule has 0 fully saturated rings. The Morgan fingerprint density at radius 1 is 0.926 bits per heavy atom. The van der Waals surface area contributed by atoms with Crippen LogP contribution in [0.15, 0.2) is 46.9 Å². The van der Waals surface area contributed by atoms with Crippen LogP contribution in [0, 0.1) is 0 Å². The number of ether oxygens (including phenoxy) is 2. The lowest BCUT2D eigenvalue weighted by molar-refractivity contribution is -0.120. The van der Waals surface area contributed by atoms with E-state index in [-0.39, 0.29) is 18.4 Å². The van der Waals surface area contributed by atoms with E-state index in [4.69, 9.17) is 9.47 Å². The lowest BCUT2D eigenvalue weighted by Gasteiger charge is -2.12. The predicted molar refractivity (Wildman–Crippen MR) is 107 cm³/mol. The molecule has 0 heterocycles. The Bertz CT molecular complexity index is 778. The SMILES string of the molecule is CCOc1ccc(C(=O)NCC(=O)NCc2ccc(Br)cc2)cc1OCC. The number of amides is 2. The first-order valence-corrected chi connectivity index (χ1v) is 9.51. The zero-order valence-electron chi connectivity index (χ0n) is 15.4. The molecule has 7 heteroatoms. The Morgan fingerprint density at radius 3 is 2.26 bits per heavy atom. The number of nitrogens with one attached hydrogen (secondary N) is 2. The summed E-state index contributed by atoms with van der Waals surface area (Å²) in [5.74, 6) is 0.481. The van der Waals surface area contributed by atoms with Gasteiger partial charge in [-0.2, -0.15) is 0 Å². The van der Waals surface area contributed by atoms with E-state index in [0.717, 1.165) is 10.0 Å². The van der Waals surface area contributed by atoms with Crippen LogP contribution in [-0.2, 0) is 11.3 Å². The fraction of sp³-hybridized carbons (Fsp3) is 0.300. The molecule has 0 aliphatic carbocycles. The largest absolute Gasteiger partial charge is 0.490 e. The second-order valence-corrected chi connectivity index (χ2v) is 6.53. The van der Waals surface area contributed by atoms with E-state index < -0.39 is 0 Å². The lowest BCUT2D eigenvalue weighted by atomic mass is 10.2. The van der Waals surface area contributed by atoms with Crippen LogP contribution < -0.4 is 20.1 Å². The summed E-state index contributed by atoms with van der Waals surface area (Å²) in [6.45, 7) is 5.00. The van der Waals surface area contributed by atoms with Gasteiger partial charge >= 0.3 is 0 Å². The summed E-state index contributed by atoms with van der Waals surface area (Å²) in [4.78, 5) is 24.2. The summed E-state index contributed by atoms with van der Waals surface area (Å²) >= 11 is 3.36. The summed E-state index contributed by atoms with van der Waals surface area (Å²) in [5, 5.41) is 5.38. The number of rotatable bonds is 9. The van der Waals surface area contributed by atoms with Crippen molar-refractivity contribution in [3.05, 3.63) is 58.1 Å². The zero-order valence-corrected chi connectivity index (χ0v) is 17.0. The quantitative estimate of drug-likeness (QED) is 0.634. The molecule has 2 amide bonds. The first-order chi connectivity index (χ1) is 13.0. The molecule has 0 saturated heterocycles. The Labute approximate surface area is 167 Å². The molecular formula is C20H23BrN2O4. The van der Waals surface area contributed by atoms with Crippen molar-refractivity contribution in [3.63, 3.8) is 0 Å². The van der Waals surface area contributed by atoms with Gasteiger partial charge in [0, 0.05) is 16.6 Å². The van der Waals surface area contributed by atoms with Crippen LogP contribution in [0.2, 0.25) is 0 Å². The molecule has 0 aromatic heterocycles. The maximum Gasteiger partial charge on any atom is 0.251 e. The maximum absolute atomic E-state index is 12.3. The van der Waals surface area contributed by atoms with Gasteiger partial charge in [0.25, 0.3) is 5.91 Å². The molecule has 0 aliphatic rings. The van der Waals surface area contributed by atoms with Gasteiger partial charge in [0.15, 0.2) is 11.5 Å². The van der Waals surface area contributed by atoms with Crippen LogP contribution in [0.5, 0.6) is 11.5 Å². The van der Waals surface area contributed by atoms with Crippen LogP contribution in [0.3, 0.4) is 0 Å². The number of hydrogen-bond donors (Lipinski definition) is 2. The highest BCUT2D eigenvalue weighted by Gasteiger charge is 2.12. The minimum atomic E-state index is -0.349. The Morgan fingerprint density at radius 2 is 1.59 bits per heavy atom. The number of carbonyl (C=O) groups excluding carboxylic acids is 2. The molecule has 0 radical (unpaired) electrons. The van der Waals surface area contributed by atoms with Gasteiger partial charge in [0.05, 0.1) is 19.8 Å². The molecule has 144 valence electrons. The Kier molecular flexibility index (Phi) is 8.13. The van der Waals surface area contributed by atoms with Crippen molar-refractivity contribution in [2.24, 2.45) is 0 Å². The van der Waals surface area contributed by atoms with E-state index in [1.54, 1.807) is 18.2 Å². The highest BCUT2D eigenvalue weighted by atomic mass is 79.9. The molecule has 6 nitrogen and oxygen atoms in total. The van der Waals surface area contributed by atoms with Crippen molar-refractivity contribution in [3.8, 4) is 11.5 Å². The van der Waals surface area contributed by atoms with Crippen LogP contribution in [-0.4, -0.2) is 31.6 Å². The van der Waals surface area contributed by atoms with E-state index in [0.29, 0.717) is 36.8 Å². The van der Waals surface area contributed by atoms with Gasteiger partial charge in [0.2, 0.25) is 5.91 Å². The van der Waals surface area contributed by atoms with Crippen molar-refractivity contribution >= 4 is 27.7 Å². The molecule has 0 aliphatic heterocycles. The molecule has 2 aromatic rings. The van der Waals surface area contributed by atoms with E-state index in [1.807, 2.05) is 38.1 Å². The number of halogens is 1. The van der Waals surface area contributed by atoms with Gasteiger partial charge in [-0.15, -0.1) is 0 Å². The first-order valence-electron chi connectivity index (χ1n) is 8.72. The average Bonchev–Trinajstić information content (AvgIpc) is 2.67. The molecule has 2 N–H and O–H groups in total. The van der Waals surface area contributed by atoms with Crippen LogP contribution in [0.4, 0.5) is 0 Å². The van der Waals surface area contributed by atoms with Gasteiger partial charge in [-0.25, -0.2) is 0 Å². The topological polar surface area (TPSA) is 76.7 Å². The molecule has 0 atom stereocenters. The number of benzene rings is 2. The molecule has 2 rings (SSSR count). The van der Waals surface area contributed by atoms with E-state index in [9.17, 15) is 9.59 Å². The third-order valence-electron chi connectivity index (χ3n) is 3.62. The summed E-state index contributed by atoms with van der Waals surface area (Å²) < 4.78 is 12.0. The summed E-state index contributed by atoms with van der Waals surface area (Å²) in [6, 6.07) is 12.6. The smallest absolute Gasteiger partial charge is 0.251 e. The molecule has 0 spiro atoms. The molecule has 27 heavy (non-hydrogen) atoms. The minimum Gasteiger partial charge on any atom is -0.490 e. The minimum absolute atomic E-state index is 0.105. The normalized spacial score (nSPS) is 10.2. The van der Waals surface area contributed by atoms with Crippen molar-refractivity contribution in [2.75, 3.05) is 19.8 Å². The molecule has 0 saturated carbocycles. The van der Waals surface area contributed by atoms with Crippen LogP contribution in [0.25, 0.3) is 0 Å². The standard InChI is InChI=1S/C20H23BrN2O4/c1-3-26-17-10-7-15(11-18(17)27-4-2)20(25)23-13-19(24)22-12-14-5-8-16(21)9-6-14/h5-11H,3-4,12-13H2,1-2H3,(H,22,24)(H,23,25). The van der Waals surface area contributed by atoms with Crippen molar-refractivity contribution < 1.29 is 19.1 Å². The second-order valence-electron chi connectivity index (χ2n) is 5.61. The van der Waals surface area contributed by atoms with Gasteiger partial charge in [-0.05, 0) is 49.7 Å². The summed E-state index contributed by atoms with van der Waals surface area (Å²) in [7, 11) is 0. The van der Waals surface area contributed by atoms with Crippen molar-refractivity contribution in [1.82, 2.24) is 10.6 Å². The maximum atomic E-state index is 12.3. The van der Waals surface area contributed by atoms with Crippen LogP contribution >= 0.6 is 15.9 Å². The highest BCUT2D eigenvalue weighted by Crippen LogP contribution is 2.28. The molecule has 0 unspecified atom stereocenters. The van der Waals surface area contributed by atoms with Crippen LogP contribution in [0.1, 0.15) is 29.8 Å². The van der Waals surface area contributed by atoms with Crippen molar-refractivity contribution in [1.29, 1.82) is 0 Å². The number of carbonyl (C=O) groups is 2. The number of hydrogen-bond acceptors (Lipinski definition) is 4. The highest BCUT2D eigenvalue weighted by molar-refractivity contribution is 9.10. The van der Waals surface area contributed by atoms with E-state index >= 15 is 0 Å². The van der Waals surface area contributed by atoms with E-state index in [2.05, 4.69) is 26.6 Å². The van der Waals surface area contributed by atoms with Gasteiger partial charge in [-0.3, -0.25) is 9.59 Å². The second kappa shape index (κ2) is 10.6. The monoisotopic (exact) mass is 434 g/mol. The molecule has 2 aromatic carbocycles. The third kappa shape index (κ3) is 6.60. The first kappa shape index (κ1) is 20.8. The third-order valence-corrected chi connectivity index (χ3v) is 4.15. The molecule has 0 bridgehead atoms. The Balaban J connectivity index is 1.87. The zero-order chi connectivity index (χ0) is 19.6.